The molecule has 0 saturated carbocycles. The summed E-state index contributed by atoms with van der Waals surface area (Å²) in [6, 6.07) is 9.07. The Kier molecular flexibility index (Phi) is 5.34. The number of carbonyl (C=O) groups excluding carboxylic acids is 2. The normalized spacial score (nSPS) is 13.5. The first-order valence-corrected chi connectivity index (χ1v) is 10.7. The van der Waals surface area contributed by atoms with Crippen molar-refractivity contribution in [2.75, 3.05) is 13.1 Å². The van der Waals surface area contributed by atoms with Crippen LogP contribution in [0.4, 0.5) is 0 Å². The van der Waals surface area contributed by atoms with Gasteiger partial charge in [-0.15, -0.1) is 21.5 Å². The monoisotopic (exact) mass is 447 g/mol. The van der Waals surface area contributed by atoms with Crippen molar-refractivity contribution in [1.82, 2.24) is 45.2 Å². The van der Waals surface area contributed by atoms with Gasteiger partial charge in [0.25, 0.3) is 11.8 Å². The third-order valence-corrected chi connectivity index (χ3v) is 5.70. The average Bonchev–Trinajstić information content (AvgIpc) is 3.60. The molecule has 11 nitrogen and oxygen atoms in total. The molecule has 12 heteroatoms. The summed E-state index contributed by atoms with van der Waals surface area (Å²) >= 11 is 1.36. The topological polar surface area (TPSA) is 123 Å². The van der Waals surface area contributed by atoms with Crippen molar-refractivity contribution in [1.29, 1.82) is 0 Å². The molecule has 0 spiro atoms. The van der Waals surface area contributed by atoms with E-state index in [9.17, 15) is 9.59 Å². The Hall–Kier alpha value is -4.06. The highest BCUT2D eigenvalue weighted by atomic mass is 32.1. The minimum absolute atomic E-state index is 0.137. The molecule has 4 aromatic heterocycles. The van der Waals surface area contributed by atoms with Crippen LogP contribution in [-0.2, 0) is 11.3 Å². The van der Waals surface area contributed by atoms with Crippen LogP contribution in [0.15, 0.2) is 54.3 Å². The Balaban J connectivity index is 1.28. The molecule has 0 aromatic carbocycles. The molecule has 2 amide bonds. The van der Waals surface area contributed by atoms with Crippen molar-refractivity contribution in [3.8, 4) is 22.1 Å². The molecule has 1 aliphatic heterocycles. The molecule has 4 aromatic rings. The van der Waals surface area contributed by atoms with Crippen molar-refractivity contribution in [3.63, 3.8) is 0 Å². The zero-order chi connectivity index (χ0) is 21.9. The van der Waals surface area contributed by atoms with E-state index < -0.39 is 0 Å². The summed E-state index contributed by atoms with van der Waals surface area (Å²) in [6.07, 6.45) is 5.69. The molecule has 0 N–H and O–H groups in total. The molecular formula is C20H17N9O2S. The highest BCUT2D eigenvalue weighted by Crippen LogP contribution is 2.24. The molecule has 0 radical (unpaired) electrons. The molecule has 0 bridgehead atoms. The van der Waals surface area contributed by atoms with E-state index in [2.05, 4.69) is 30.4 Å². The molecule has 5 heterocycles. The number of hydrogen-bond donors (Lipinski definition) is 0. The number of amides is 2. The van der Waals surface area contributed by atoms with Gasteiger partial charge in [0.1, 0.15) is 22.9 Å². The SMILES string of the molecule is O=C(Cn1nnc(-c2ccccn2)n1)N1CCCN1C(=O)c1csc(-c2cccnc2)n1. The number of tetrazole rings is 1. The molecule has 5 rings (SSSR count). The van der Waals surface area contributed by atoms with Gasteiger partial charge >= 0.3 is 0 Å². The molecule has 160 valence electrons. The number of thiazole rings is 1. The van der Waals surface area contributed by atoms with Gasteiger partial charge in [0.15, 0.2) is 0 Å². The van der Waals surface area contributed by atoms with E-state index in [0.29, 0.717) is 41.7 Å². The molecule has 1 aliphatic rings. The van der Waals surface area contributed by atoms with Crippen molar-refractivity contribution in [3.05, 3.63) is 60.0 Å². The van der Waals surface area contributed by atoms with Crippen molar-refractivity contribution >= 4 is 23.2 Å². The number of hydrogen-bond acceptors (Lipinski definition) is 9. The van der Waals surface area contributed by atoms with Gasteiger partial charge in [0.2, 0.25) is 5.82 Å². The Morgan fingerprint density at radius 3 is 2.78 bits per heavy atom. The molecule has 1 fully saturated rings. The summed E-state index contributed by atoms with van der Waals surface area (Å²) in [4.78, 5) is 39.9. The lowest BCUT2D eigenvalue weighted by Gasteiger charge is -2.26. The Labute approximate surface area is 186 Å². The number of pyridine rings is 2. The lowest BCUT2D eigenvalue weighted by Crippen LogP contribution is -2.46. The molecule has 32 heavy (non-hydrogen) atoms. The fourth-order valence-electron chi connectivity index (χ4n) is 3.32. The Morgan fingerprint density at radius 1 is 1.06 bits per heavy atom. The standard InChI is InChI=1S/C20H17N9O2S/c30-17(12-29-25-18(24-26-29)15-6-1-2-8-22-15)27-9-4-10-28(27)20(31)16-13-32-19(23-16)14-5-3-7-21-11-14/h1-3,5-8,11,13H,4,9-10,12H2. The van der Waals surface area contributed by atoms with E-state index in [0.717, 1.165) is 5.56 Å². The quantitative estimate of drug-likeness (QED) is 0.451. The van der Waals surface area contributed by atoms with Crippen LogP contribution in [0.5, 0.6) is 0 Å². The summed E-state index contributed by atoms with van der Waals surface area (Å²) in [7, 11) is 0. The van der Waals surface area contributed by atoms with Crippen molar-refractivity contribution < 1.29 is 9.59 Å². The van der Waals surface area contributed by atoms with Crippen LogP contribution in [0.25, 0.3) is 22.1 Å². The van der Waals surface area contributed by atoms with Crippen LogP contribution in [0.3, 0.4) is 0 Å². The third kappa shape index (κ3) is 3.95. The summed E-state index contributed by atoms with van der Waals surface area (Å²) in [5, 5.41) is 17.4. The van der Waals surface area contributed by atoms with Crippen LogP contribution in [0.2, 0.25) is 0 Å². The van der Waals surface area contributed by atoms with Crippen LogP contribution >= 0.6 is 11.3 Å². The Morgan fingerprint density at radius 2 is 1.97 bits per heavy atom. The maximum atomic E-state index is 13.0. The second-order valence-corrected chi connectivity index (χ2v) is 7.79. The zero-order valence-electron chi connectivity index (χ0n) is 16.8. The van der Waals surface area contributed by atoms with Gasteiger partial charge in [-0.2, -0.15) is 4.80 Å². The van der Waals surface area contributed by atoms with Gasteiger partial charge in [0.05, 0.1) is 0 Å². The minimum Gasteiger partial charge on any atom is -0.271 e. The average molecular weight is 447 g/mol. The van der Waals surface area contributed by atoms with Crippen LogP contribution in [0.1, 0.15) is 16.9 Å². The molecule has 1 saturated heterocycles. The van der Waals surface area contributed by atoms with Crippen molar-refractivity contribution in [2.45, 2.75) is 13.0 Å². The first-order valence-electron chi connectivity index (χ1n) is 9.86. The second-order valence-electron chi connectivity index (χ2n) is 6.94. The second kappa shape index (κ2) is 8.59. The number of nitrogens with zero attached hydrogens (tertiary/aromatic N) is 9. The van der Waals surface area contributed by atoms with Crippen LogP contribution in [-0.4, -0.2) is 70.1 Å². The fourth-order valence-corrected chi connectivity index (χ4v) is 4.10. The highest BCUT2D eigenvalue weighted by molar-refractivity contribution is 7.13. The summed E-state index contributed by atoms with van der Waals surface area (Å²) < 4.78 is 0. The first kappa shape index (κ1) is 19.9. The maximum Gasteiger partial charge on any atom is 0.291 e. The lowest BCUT2D eigenvalue weighted by molar-refractivity contribution is -0.141. The molecule has 0 unspecified atom stereocenters. The largest absolute Gasteiger partial charge is 0.291 e. The van der Waals surface area contributed by atoms with E-state index in [1.807, 2.05) is 18.2 Å². The smallest absolute Gasteiger partial charge is 0.271 e. The van der Waals surface area contributed by atoms with Gasteiger partial charge in [-0.1, -0.05) is 6.07 Å². The molecule has 0 atom stereocenters. The van der Waals surface area contributed by atoms with Crippen molar-refractivity contribution in [2.24, 2.45) is 0 Å². The Bertz CT molecular complexity index is 1240. The summed E-state index contributed by atoms with van der Waals surface area (Å²) in [5.74, 6) is -0.287. The van der Waals surface area contributed by atoms with E-state index in [-0.39, 0.29) is 18.4 Å². The lowest BCUT2D eigenvalue weighted by atomic mass is 10.3. The van der Waals surface area contributed by atoms with Gasteiger partial charge < -0.3 is 0 Å². The number of carbonyl (C=O) groups is 2. The van der Waals surface area contributed by atoms with E-state index in [1.165, 1.54) is 26.2 Å². The van der Waals surface area contributed by atoms with E-state index >= 15 is 0 Å². The summed E-state index contributed by atoms with van der Waals surface area (Å²) in [5.41, 5.74) is 1.70. The molecule has 0 aliphatic carbocycles. The summed E-state index contributed by atoms with van der Waals surface area (Å²) in [6.45, 7) is 0.738. The number of hydrazine groups is 1. The maximum absolute atomic E-state index is 13.0. The first-order chi connectivity index (χ1) is 15.7. The molecular weight excluding hydrogens is 430 g/mol. The highest BCUT2D eigenvalue weighted by Gasteiger charge is 2.33. The van der Waals surface area contributed by atoms with Crippen LogP contribution < -0.4 is 0 Å². The van der Waals surface area contributed by atoms with E-state index in [1.54, 1.807) is 36.1 Å². The van der Waals surface area contributed by atoms with Crippen LogP contribution in [0, 0.1) is 0 Å². The number of aromatic nitrogens is 7. The van der Waals surface area contributed by atoms with E-state index in [4.69, 9.17) is 0 Å². The van der Waals surface area contributed by atoms with Gasteiger partial charge in [0, 0.05) is 42.6 Å². The minimum atomic E-state index is -0.317. The van der Waals surface area contributed by atoms with Gasteiger partial charge in [-0.25, -0.2) is 15.0 Å². The number of rotatable bonds is 5. The predicted molar refractivity (Wildman–Crippen MR) is 114 cm³/mol. The fraction of sp³-hybridized carbons (Fsp3) is 0.200. The third-order valence-electron chi connectivity index (χ3n) is 4.81. The van der Waals surface area contributed by atoms with Gasteiger partial charge in [-0.3, -0.25) is 19.6 Å². The zero-order valence-corrected chi connectivity index (χ0v) is 17.6. The predicted octanol–water partition coefficient (Wildman–Crippen LogP) is 1.54. The van der Waals surface area contributed by atoms with Gasteiger partial charge in [-0.05, 0) is 35.9 Å².